The third-order valence-electron chi connectivity index (χ3n) is 3.48. The van der Waals surface area contributed by atoms with Gasteiger partial charge < -0.3 is 19.5 Å². The van der Waals surface area contributed by atoms with E-state index in [-0.39, 0.29) is 5.41 Å². The van der Waals surface area contributed by atoms with Crippen LogP contribution in [0.4, 0.5) is 5.69 Å². The zero-order valence-electron chi connectivity index (χ0n) is 18.2. The van der Waals surface area contributed by atoms with Gasteiger partial charge in [-0.3, -0.25) is 0 Å². The van der Waals surface area contributed by atoms with Crippen LogP contribution in [-0.2, 0) is 19.0 Å². The maximum Gasteiger partial charge on any atom is 0.350 e. The van der Waals surface area contributed by atoms with E-state index >= 15 is 0 Å². The standard InChI is InChI=1S/C21H31NO5S/c1-13(25-8)16(18(23)27-21(5,6)7)22-15-12-14(10-11-20(2,3)4)28-17(15)19(24)26-9/h12-13,16,22H,1-9H3/t13-,16-/m0/s1. The van der Waals surface area contributed by atoms with E-state index in [2.05, 4.69) is 17.2 Å². The number of hydrogen-bond acceptors (Lipinski definition) is 7. The predicted molar refractivity (Wildman–Crippen MR) is 112 cm³/mol. The molecule has 6 nitrogen and oxygen atoms in total. The van der Waals surface area contributed by atoms with E-state index in [9.17, 15) is 9.59 Å². The van der Waals surface area contributed by atoms with Crippen LogP contribution < -0.4 is 5.32 Å². The summed E-state index contributed by atoms with van der Waals surface area (Å²) in [7, 11) is 2.83. The lowest BCUT2D eigenvalue weighted by Gasteiger charge is -2.27. The minimum absolute atomic E-state index is 0.174. The molecule has 28 heavy (non-hydrogen) atoms. The highest BCUT2D eigenvalue weighted by Gasteiger charge is 2.32. The highest BCUT2D eigenvalue weighted by atomic mass is 32.1. The van der Waals surface area contributed by atoms with Crippen molar-refractivity contribution >= 4 is 29.0 Å². The van der Waals surface area contributed by atoms with Crippen LogP contribution in [0.3, 0.4) is 0 Å². The number of carbonyl (C=O) groups is 2. The average molecular weight is 410 g/mol. The summed E-state index contributed by atoms with van der Waals surface area (Å²) in [6.45, 7) is 13.2. The summed E-state index contributed by atoms with van der Waals surface area (Å²) >= 11 is 1.22. The second-order valence-corrected chi connectivity index (χ2v) is 9.49. The zero-order valence-corrected chi connectivity index (χ0v) is 19.0. The van der Waals surface area contributed by atoms with E-state index < -0.39 is 29.7 Å². The van der Waals surface area contributed by atoms with Crippen molar-refractivity contribution in [1.82, 2.24) is 0 Å². The molecule has 1 N–H and O–H groups in total. The topological polar surface area (TPSA) is 73.9 Å². The monoisotopic (exact) mass is 409 g/mol. The third kappa shape index (κ3) is 7.53. The largest absolute Gasteiger partial charge is 0.465 e. The Morgan fingerprint density at radius 2 is 1.75 bits per heavy atom. The Balaban J connectivity index is 3.29. The molecule has 7 heteroatoms. The molecule has 1 aromatic heterocycles. The van der Waals surface area contributed by atoms with Gasteiger partial charge in [0.15, 0.2) is 6.04 Å². The van der Waals surface area contributed by atoms with Gasteiger partial charge in [-0.05, 0) is 54.5 Å². The van der Waals surface area contributed by atoms with Crippen LogP contribution in [0.15, 0.2) is 6.07 Å². The summed E-state index contributed by atoms with van der Waals surface area (Å²) < 4.78 is 15.7. The Morgan fingerprint density at radius 3 is 2.21 bits per heavy atom. The van der Waals surface area contributed by atoms with E-state index in [1.165, 1.54) is 25.6 Å². The molecule has 1 heterocycles. The highest BCUT2D eigenvalue weighted by molar-refractivity contribution is 7.15. The molecule has 0 spiro atoms. The molecule has 0 saturated heterocycles. The number of anilines is 1. The molecule has 0 aliphatic carbocycles. The summed E-state index contributed by atoms with van der Waals surface area (Å²) in [6, 6.07) is 0.945. The number of rotatable bonds is 6. The third-order valence-corrected chi connectivity index (χ3v) is 4.51. The molecule has 1 aromatic rings. The van der Waals surface area contributed by atoms with Crippen LogP contribution in [0.5, 0.6) is 0 Å². The molecule has 0 aliphatic heterocycles. The summed E-state index contributed by atoms with van der Waals surface area (Å²) in [5.74, 6) is 5.26. The van der Waals surface area contributed by atoms with Gasteiger partial charge in [-0.15, -0.1) is 11.3 Å². The van der Waals surface area contributed by atoms with Crippen LogP contribution in [-0.4, -0.2) is 43.9 Å². The molecule has 0 amide bonds. The molecule has 0 fully saturated rings. The van der Waals surface area contributed by atoms with Crippen molar-refractivity contribution in [1.29, 1.82) is 0 Å². The first-order chi connectivity index (χ1) is 12.8. The molecule has 0 aliphatic rings. The number of methoxy groups -OCH3 is 2. The van der Waals surface area contributed by atoms with Gasteiger partial charge in [0.25, 0.3) is 0 Å². The molecule has 1 rings (SSSR count). The normalized spacial score (nSPS) is 13.8. The molecular weight excluding hydrogens is 378 g/mol. The predicted octanol–water partition coefficient (Wildman–Crippen LogP) is 4.09. The lowest BCUT2D eigenvalue weighted by atomic mass is 9.98. The molecule has 0 unspecified atom stereocenters. The van der Waals surface area contributed by atoms with Crippen LogP contribution in [0.2, 0.25) is 0 Å². The second-order valence-electron chi connectivity index (χ2n) is 8.44. The Kier molecular flexibility index (Phi) is 8.09. The van der Waals surface area contributed by atoms with Crippen molar-refractivity contribution in [3.63, 3.8) is 0 Å². The average Bonchev–Trinajstić information content (AvgIpc) is 2.97. The van der Waals surface area contributed by atoms with Gasteiger partial charge in [0.05, 0.1) is 23.8 Å². The van der Waals surface area contributed by atoms with Gasteiger partial charge in [0, 0.05) is 12.5 Å². The van der Waals surface area contributed by atoms with E-state index in [1.54, 1.807) is 33.8 Å². The van der Waals surface area contributed by atoms with Gasteiger partial charge >= 0.3 is 11.9 Å². The molecular formula is C21H31NO5S. The molecule has 0 saturated carbocycles. The minimum Gasteiger partial charge on any atom is -0.465 e. The van der Waals surface area contributed by atoms with Crippen molar-refractivity contribution in [2.45, 2.75) is 66.2 Å². The number of carbonyl (C=O) groups excluding carboxylic acids is 2. The maximum absolute atomic E-state index is 12.7. The van der Waals surface area contributed by atoms with E-state index in [1.807, 2.05) is 20.8 Å². The minimum atomic E-state index is -0.800. The molecule has 0 aromatic carbocycles. The lowest BCUT2D eigenvalue weighted by molar-refractivity contribution is -0.158. The Bertz CT molecular complexity index is 758. The van der Waals surface area contributed by atoms with Crippen LogP contribution in [0, 0.1) is 17.3 Å². The fraction of sp³-hybridized carbons (Fsp3) is 0.619. The first kappa shape index (κ1) is 24.0. The summed E-state index contributed by atoms with van der Waals surface area (Å²) in [4.78, 5) is 25.9. The first-order valence-electron chi connectivity index (χ1n) is 9.05. The quantitative estimate of drug-likeness (QED) is 0.563. The van der Waals surface area contributed by atoms with Gasteiger partial charge in [0.1, 0.15) is 10.5 Å². The van der Waals surface area contributed by atoms with Crippen molar-refractivity contribution in [2.75, 3.05) is 19.5 Å². The second kappa shape index (κ2) is 9.44. The summed E-state index contributed by atoms with van der Waals surface area (Å²) in [5, 5.41) is 3.10. The van der Waals surface area contributed by atoms with Gasteiger partial charge in [-0.2, -0.15) is 0 Å². The highest BCUT2D eigenvalue weighted by Crippen LogP contribution is 2.29. The summed E-state index contributed by atoms with van der Waals surface area (Å²) in [6.07, 6.45) is -0.482. The van der Waals surface area contributed by atoms with Crippen molar-refractivity contribution in [3.05, 3.63) is 15.8 Å². The number of ether oxygens (including phenoxy) is 3. The van der Waals surface area contributed by atoms with Crippen molar-refractivity contribution in [2.24, 2.45) is 5.41 Å². The zero-order chi connectivity index (χ0) is 21.7. The maximum atomic E-state index is 12.7. The Hall–Kier alpha value is -2.04. The van der Waals surface area contributed by atoms with Crippen molar-refractivity contribution in [3.8, 4) is 11.8 Å². The molecule has 156 valence electrons. The number of hydrogen-bond donors (Lipinski definition) is 1. The SMILES string of the molecule is COC(=O)c1sc(C#CC(C)(C)C)cc1N[C@H](C(=O)OC(C)(C)C)[C@H](C)OC. The number of thiophene rings is 1. The van der Waals surface area contributed by atoms with E-state index in [0.29, 0.717) is 15.4 Å². The fourth-order valence-electron chi connectivity index (χ4n) is 2.09. The summed E-state index contributed by atoms with van der Waals surface area (Å²) in [5.41, 5.74) is -0.352. The van der Waals surface area contributed by atoms with Crippen LogP contribution in [0.25, 0.3) is 0 Å². The number of nitrogens with one attached hydrogen (secondary N) is 1. The van der Waals surface area contributed by atoms with Gasteiger partial charge in [-0.25, -0.2) is 9.59 Å². The van der Waals surface area contributed by atoms with E-state index in [4.69, 9.17) is 14.2 Å². The lowest BCUT2D eigenvalue weighted by Crippen LogP contribution is -2.44. The van der Waals surface area contributed by atoms with Crippen LogP contribution >= 0.6 is 11.3 Å². The van der Waals surface area contributed by atoms with Crippen molar-refractivity contribution < 1.29 is 23.8 Å². The molecule has 2 atom stereocenters. The first-order valence-corrected chi connectivity index (χ1v) is 9.86. The smallest absolute Gasteiger partial charge is 0.350 e. The van der Waals surface area contributed by atoms with Gasteiger partial charge in [-0.1, -0.05) is 11.8 Å². The molecule has 0 bridgehead atoms. The fourth-order valence-corrected chi connectivity index (χ4v) is 2.98. The number of esters is 2. The van der Waals surface area contributed by atoms with E-state index in [0.717, 1.165) is 0 Å². The van der Waals surface area contributed by atoms with Crippen LogP contribution in [0.1, 0.15) is 63.0 Å². The van der Waals surface area contributed by atoms with Gasteiger partial charge in [0.2, 0.25) is 0 Å². The Morgan fingerprint density at radius 1 is 1.14 bits per heavy atom. The Labute approximate surface area is 171 Å². The molecule has 0 radical (unpaired) electrons.